The van der Waals surface area contributed by atoms with Gasteiger partial charge in [0.25, 0.3) is 0 Å². The minimum absolute atomic E-state index is 0.249. The van der Waals surface area contributed by atoms with Crippen LogP contribution in [0.25, 0.3) is 11.0 Å². The van der Waals surface area contributed by atoms with Crippen LogP contribution in [0.3, 0.4) is 0 Å². The largest absolute Gasteiger partial charge is 0.341 e. The molecule has 1 aliphatic heterocycles. The number of nitrogens with one attached hydrogen (secondary N) is 1. The molecule has 0 spiro atoms. The van der Waals surface area contributed by atoms with Gasteiger partial charge in [0.2, 0.25) is 10.0 Å². The first-order valence-electron chi connectivity index (χ1n) is 7.78. The second-order valence-electron chi connectivity index (χ2n) is 5.87. The van der Waals surface area contributed by atoms with E-state index >= 15 is 0 Å². The average molecular weight is 406 g/mol. The molecule has 124 valence electrons. The van der Waals surface area contributed by atoms with Crippen molar-refractivity contribution in [1.82, 2.24) is 14.3 Å². The molecule has 2 aromatic carbocycles. The highest BCUT2D eigenvalue weighted by molar-refractivity contribution is 9.10. The van der Waals surface area contributed by atoms with Gasteiger partial charge in [-0.05, 0) is 43.2 Å². The Labute approximate surface area is 148 Å². The third-order valence-electron chi connectivity index (χ3n) is 4.33. The first kappa shape index (κ1) is 15.8. The lowest BCUT2D eigenvalue weighted by atomic mass is 10.2. The van der Waals surface area contributed by atoms with Gasteiger partial charge in [0, 0.05) is 11.0 Å². The number of H-pyrrole nitrogens is 1. The quantitative estimate of drug-likeness (QED) is 0.719. The highest BCUT2D eigenvalue weighted by atomic mass is 79.9. The smallest absolute Gasteiger partial charge is 0.243 e. The van der Waals surface area contributed by atoms with Crippen LogP contribution < -0.4 is 0 Å². The van der Waals surface area contributed by atoms with E-state index in [1.807, 2.05) is 30.3 Å². The van der Waals surface area contributed by atoms with Gasteiger partial charge in [0.15, 0.2) is 0 Å². The van der Waals surface area contributed by atoms with Crippen LogP contribution in [0.4, 0.5) is 0 Å². The van der Waals surface area contributed by atoms with Crippen molar-refractivity contribution in [2.75, 3.05) is 6.54 Å². The van der Waals surface area contributed by atoms with Gasteiger partial charge >= 0.3 is 0 Å². The highest BCUT2D eigenvalue weighted by Gasteiger charge is 2.37. The molecule has 0 radical (unpaired) electrons. The number of para-hydroxylation sites is 2. The molecule has 0 amide bonds. The fourth-order valence-corrected chi connectivity index (χ4v) is 5.45. The van der Waals surface area contributed by atoms with Crippen molar-refractivity contribution in [3.8, 4) is 0 Å². The van der Waals surface area contributed by atoms with E-state index in [-0.39, 0.29) is 6.04 Å². The van der Waals surface area contributed by atoms with Crippen molar-refractivity contribution in [3.63, 3.8) is 0 Å². The molecule has 4 rings (SSSR count). The monoisotopic (exact) mass is 405 g/mol. The van der Waals surface area contributed by atoms with Crippen molar-refractivity contribution in [1.29, 1.82) is 0 Å². The zero-order valence-electron chi connectivity index (χ0n) is 12.8. The van der Waals surface area contributed by atoms with Crippen molar-refractivity contribution in [3.05, 3.63) is 58.8 Å². The Morgan fingerprint density at radius 2 is 2.00 bits per heavy atom. The van der Waals surface area contributed by atoms with E-state index in [2.05, 4.69) is 25.9 Å². The number of fused-ring (bicyclic) bond motifs is 1. The molecule has 1 saturated heterocycles. The summed E-state index contributed by atoms with van der Waals surface area (Å²) in [5.41, 5.74) is 1.79. The second kappa shape index (κ2) is 5.98. The Morgan fingerprint density at radius 1 is 1.17 bits per heavy atom. The summed E-state index contributed by atoms with van der Waals surface area (Å²) in [5.74, 6) is 0.715. The summed E-state index contributed by atoms with van der Waals surface area (Å²) in [6.07, 6.45) is 1.60. The molecule has 2 heterocycles. The summed E-state index contributed by atoms with van der Waals surface area (Å²) in [6, 6.07) is 14.3. The van der Waals surface area contributed by atoms with Crippen LogP contribution in [0, 0.1) is 0 Å². The number of imidazole rings is 1. The highest BCUT2D eigenvalue weighted by Crippen LogP contribution is 2.36. The van der Waals surface area contributed by atoms with Gasteiger partial charge in [-0.15, -0.1) is 0 Å². The third kappa shape index (κ3) is 2.66. The van der Waals surface area contributed by atoms with Gasteiger partial charge < -0.3 is 4.98 Å². The number of sulfonamides is 1. The first-order valence-corrected chi connectivity index (χ1v) is 10.0. The van der Waals surface area contributed by atoms with Crippen molar-refractivity contribution in [2.24, 2.45) is 0 Å². The number of hydrogen-bond acceptors (Lipinski definition) is 3. The molecule has 0 bridgehead atoms. The summed E-state index contributed by atoms with van der Waals surface area (Å²) in [4.78, 5) is 8.18. The summed E-state index contributed by atoms with van der Waals surface area (Å²) in [5, 5.41) is 0. The molecule has 1 N–H and O–H groups in total. The van der Waals surface area contributed by atoms with Crippen LogP contribution in [0.2, 0.25) is 0 Å². The standard InChI is InChI=1S/C17H16BrN3O2S/c18-12-5-3-6-13(11-12)24(22,23)21-10-4-9-16(21)17-19-14-7-1-2-8-15(14)20-17/h1-3,5-8,11,16H,4,9-10H2,(H,19,20)/t16-/m0/s1. The maximum absolute atomic E-state index is 13.0. The van der Waals surface area contributed by atoms with Gasteiger partial charge in [-0.1, -0.05) is 34.1 Å². The Kier molecular flexibility index (Phi) is 3.94. The van der Waals surface area contributed by atoms with E-state index in [4.69, 9.17) is 0 Å². The van der Waals surface area contributed by atoms with Gasteiger partial charge in [0.1, 0.15) is 5.82 Å². The van der Waals surface area contributed by atoms with Crippen molar-refractivity contribution >= 4 is 37.0 Å². The van der Waals surface area contributed by atoms with Gasteiger partial charge in [0.05, 0.1) is 22.0 Å². The summed E-state index contributed by atoms with van der Waals surface area (Å²) < 4.78 is 28.4. The Bertz CT molecular complexity index is 967. The molecule has 0 unspecified atom stereocenters. The number of aromatic amines is 1. The van der Waals surface area contributed by atoms with Crippen molar-refractivity contribution < 1.29 is 8.42 Å². The summed E-state index contributed by atoms with van der Waals surface area (Å²) >= 11 is 3.35. The topological polar surface area (TPSA) is 66.1 Å². The Hall–Kier alpha value is -1.70. The van der Waals surface area contributed by atoms with Crippen LogP contribution in [0.1, 0.15) is 24.7 Å². The fourth-order valence-electron chi connectivity index (χ4n) is 3.19. The summed E-state index contributed by atoms with van der Waals surface area (Å²) in [6.45, 7) is 0.510. The second-order valence-corrected chi connectivity index (χ2v) is 8.68. The normalized spacial score (nSPS) is 19.1. The number of halogens is 1. The number of rotatable bonds is 3. The van der Waals surface area contributed by atoms with Crippen molar-refractivity contribution in [2.45, 2.75) is 23.8 Å². The number of hydrogen-bond donors (Lipinski definition) is 1. The van der Waals surface area contributed by atoms with Crippen LogP contribution in [0.5, 0.6) is 0 Å². The van der Waals surface area contributed by atoms with E-state index in [1.54, 1.807) is 22.5 Å². The zero-order valence-corrected chi connectivity index (χ0v) is 15.2. The van der Waals surface area contributed by atoms with E-state index in [0.717, 1.165) is 28.3 Å². The van der Waals surface area contributed by atoms with E-state index in [1.165, 1.54) is 0 Å². The van der Waals surface area contributed by atoms with Gasteiger partial charge in [-0.25, -0.2) is 13.4 Å². The van der Waals surface area contributed by atoms with Crippen LogP contribution >= 0.6 is 15.9 Å². The van der Waals surface area contributed by atoms with E-state index in [0.29, 0.717) is 17.3 Å². The third-order valence-corrected chi connectivity index (χ3v) is 6.73. The molecule has 5 nitrogen and oxygen atoms in total. The summed E-state index contributed by atoms with van der Waals surface area (Å²) in [7, 11) is -3.55. The number of nitrogens with zero attached hydrogens (tertiary/aromatic N) is 2. The van der Waals surface area contributed by atoms with E-state index < -0.39 is 10.0 Å². The van der Waals surface area contributed by atoms with Gasteiger partial charge in [-0.3, -0.25) is 0 Å². The molecule has 7 heteroatoms. The van der Waals surface area contributed by atoms with Crippen LogP contribution in [-0.2, 0) is 10.0 Å². The molecule has 1 aliphatic rings. The lowest BCUT2D eigenvalue weighted by Crippen LogP contribution is -2.31. The fraction of sp³-hybridized carbons (Fsp3) is 0.235. The zero-order chi connectivity index (χ0) is 16.7. The number of aromatic nitrogens is 2. The molecule has 1 fully saturated rings. The average Bonchev–Trinajstić information content (AvgIpc) is 3.21. The van der Waals surface area contributed by atoms with Crippen LogP contribution in [0.15, 0.2) is 57.9 Å². The molecule has 0 saturated carbocycles. The molecule has 0 aliphatic carbocycles. The minimum atomic E-state index is -3.55. The molecular formula is C17H16BrN3O2S. The molecule has 1 atom stereocenters. The predicted molar refractivity (Wildman–Crippen MR) is 96.1 cm³/mol. The first-order chi connectivity index (χ1) is 11.6. The molecule has 24 heavy (non-hydrogen) atoms. The maximum Gasteiger partial charge on any atom is 0.243 e. The molecule has 3 aromatic rings. The maximum atomic E-state index is 13.0. The van der Waals surface area contributed by atoms with E-state index in [9.17, 15) is 8.42 Å². The number of benzene rings is 2. The lowest BCUT2D eigenvalue weighted by molar-refractivity contribution is 0.385. The lowest BCUT2D eigenvalue weighted by Gasteiger charge is -2.22. The SMILES string of the molecule is O=S(=O)(c1cccc(Br)c1)N1CCC[C@H]1c1nc2ccccc2[nH]1. The minimum Gasteiger partial charge on any atom is -0.341 e. The molecular weight excluding hydrogens is 390 g/mol. The Balaban J connectivity index is 1.74. The Morgan fingerprint density at radius 3 is 2.79 bits per heavy atom. The predicted octanol–water partition coefficient (Wildman–Crippen LogP) is 3.85. The molecule has 1 aromatic heterocycles. The van der Waals surface area contributed by atoms with Gasteiger partial charge in [-0.2, -0.15) is 4.31 Å². The van der Waals surface area contributed by atoms with Crippen LogP contribution in [-0.4, -0.2) is 29.2 Å².